The lowest BCUT2D eigenvalue weighted by Crippen LogP contribution is -2.53. The van der Waals surface area contributed by atoms with Crippen molar-refractivity contribution in [2.45, 2.75) is 44.7 Å². The second kappa shape index (κ2) is 6.68. The Morgan fingerprint density at radius 1 is 1.30 bits per heavy atom. The van der Waals surface area contributed by atoms with Crippen LogP contribution in [-0.2, 0) is 11.3 Å². The lowest BCUT2D eigenvalue weighted by Gasteiger charge is -2.36. The number of methoxy groups -OCH3 is 1. The van der Waals surface area contributed by atoms with E-state index in [9.17, 15) is 9.59 Å². The molecular formula is C19H22N4O4. The molecule has 0 bridgehead atoms. The smallest absolute Gasteiger partial charge is 0.325 e. The van der Waals surface area contributed by atoms with Gasteiger partial charge < -0.3 is 14.6 Å². The summed E-state index contributed by atoms with van der Waals surface area (Å²) in [5.41, 5.74) is -0.0399. The van der Waals surface area contributed by atoms with Gasteiger partial charge in [-0.25, -0.2) is 4.79 Å². The maximum atomic E-state index is 13.0. The van der Waals surface area contributed by atoms with E-state index in [0.29, 0.717) is 18.1 Å². The number of carbonyl (C=O) groups is 2. The molecule has 1 aromatic heterocycles. The van der Waals surface area contributed by atoms with Crippen molar-refractivity contribution in [3.8, 4) is 17.2 Å². The number of imide groups is 1. The predicted octanol–water partition coefficient (Wildman–Crippen LogP) is 2.75. The number of urea groups is 1. The van der Waals surface area contributed by atoms with E-state index in [4.69, 9.17) is 9.26 Å². The van der Waals surface area contributed by atoms with Crippen LogP contribution < -0.4 is 10.1 Å². The molecule has 1 saturated heterocycles. The van der Waals surface area contributed by atoms with Crippen LogP contribution in [0, 0.1) is 5.92 Å². The standard InChI is InChI=1S/C19H22N4O4/c1-12-5-3-4-10-19(12)17(24)23(18(25)21-19)11-15-20-16(27-22-15)13-6-8-14(26-2)9-7-13/h6-9,12H,3-5,10-11H2,1-2H3,(H,21,25). The predicted molar refractivity (Wildman–Crippen MR) is 95.7 cm³/mol. The molecule has 1 aromatic carbocycles. The molecule has 3 amide bonds. The first kappa shape index (κ1) is 17.5. The summed E-state index contributed by atoms with van der Waals surface area (Å²) in [5, 5.41) is 6.86. The summed E-state index contributed by atoms with van der Waals surface area (Å²) < 4.78 is 10.4. The zero-order valence-electron chi connectivity index (χ0n) is 15.4. The Kier molecular flexibility index (Phi) is 4.33. The van der Waals surface area contributed by atoms with Crippen LogP contribution in [0.3, 0.4) is 0 Å². The highest BCUT2D eigenvalue weighted by molar-refractivity contribution is 6.07. The average molecular weight is 370 g/mol. The minimum absolute atomic E-state index is 0.00120. The molecule has 1 spiro atoms. The van der Waals surface area contributed by atoms with Gasteiger partial charge in [0.15, 0.2) is 5.82 Å². The summed E-state index contributed by atoms with van der Waals surface area (Å²) in [7, 11) is 1.60. The lowest BCUT2D eigenvalue weighted by atomic mass is 9.73. The Morgan fingerprint density at radius 3 is 2.78 bits per heavy atom. The van der Waals surface area contributed by atoms with Gasteiger partial charge in [0.25, 0.3) is 11.8 Å². The van der Waals surface area contributed by atoms with Gasteiger partial charge in [-0.15, -0.1) is 0 Å². The maximum absolute atomic E-state index is 13.0. The fourth-order valence-corrected chi connectivity index (χ4v) is 3.95. The third-order valence-corrected chi connectivity index (χ3v) is 5.61. The normalized spacial score (nSPS) is 25.1. The zero-order chi connectivity index (χ0) is 19.0. The van der Waals surface area contributed by atoms with Gasteiger partial charge in [-0.05, 0) is 43.0 Å². The molecule has 8 heteroatoms. The fraction of sp³-hybridized carbons (Fsp3) is 0.474. The molecule has 2 aliphatic rings. The quantitative estimate of drug-likeness (QED) is 0.831. The summed E-state index contributed by atoms with van der Waals surface area (Å²) in [6, 6.07) is 6.82. The number of hydrogen-bond donors (Lipinski definition) is 1. The molecule has 4 rings (SSSR count). The highest BCUT2D eigenvalue weighted by Gasteiger charge is 2.55. The summed E-state index contributed by atoms with van der Waals surface area (Å²) in [5.74, 6) is 1.29. The van der Waals surface area contributed by atoms with E-state index in [-0.39, 0.29) is 24.4 Å². The highest BCUT2D eigenvalue weighted by atomic mass is 16.5. The van der Waals surface area contributed by atoms with Gasteiger partial charge in [0.1, 0.15) is 11.3 Å². The number of nitrogens with one attached hydrogen (secondary N) is 1. The fourth-order valence-electron chi connectivity index (χ4n) is 3.95. The second-order valence-corrected chi connectivity index (χ2v) is 7.18. The van der Waals surface area contributed by atoms with Gasteiger partial charge in [0.05, 0.1) is 13.7 Å². The van der Waals surface area contributed by atoms with Crippen LogP contribution >= 0.6 is 0 Å². The number of amides is 3. The van der Waals surface area contributed by atoms with E-state index < -0.39 is 5.54 Å². The number of benzene rings is 1. The van der Waals surface area contributed by atoms with Crippen molar-refractivity contribution in [2.75, 3.05) is 7.11 Å². The van der Waals surface area contributed by atoms with Gasteiger partial charge in [0, 0.05) is 5.56 Å². The first-order valence-corrected chi connectivity index (χ1v) is 9.14. The topological polar surface area (TPSA) is 97.6 Å². The Balaban J connectivity index is 1.52. The van der Waals surface area contributed by atoms with Crippen molar-refractivity contribution in [3.63, 3.8) is 0 Å². The van der Waals surface area contributed by atoms with Crippen molar-refractivity contribution in [1.29, 1.82) is 0 Å². The highest BCUT2D eigenvalue weighted by Crippen LogP contribution is 2.38. The molecule has 27 heavy (non-hydrogen) atoms. The van der Waals surface area contributed by atoms with Gasteiger partial charge in [0.2, 0.25) is 0 Å². The molecule has 1 aliphatic heterocycles. The third kappa shape index (κ3) is 2.94. The van der Waals surface area contributed by atoms with E-state index in [1.54, 1.807) is 19.2 Å². The van der Waals surface area contributed by atoms with E-state index in [1.165, 1.54) is 4.90 Å². The minimum atomic E-state index is -0.780. The Hall–Kier alpha value is -2.90. The summed E-state index contributed by atoms with van der Waals surface area (Å²) >= 11 is 0. The van der Waals surface area contributed by atoms with Crippen molar-refractivity contribution in [1.82, 2.24) is 20.4 Å². The van der Waals surface area contributed by atoms with Crippen molar-refractivity contribution < 1.29 is 18.8 Å². The molecule has 142 valence electrons. The van der Waals surface area contributed by atoms with Crippen LogP contribution in [0.1, 0.15) is 38.4 Å². The molecule has 1 N–H and O–H groups in total. The minimum Gasteiger partial charge on any atom is -0.497 e. The maximum Gasteiger partial charge on any atom is 0.325 e. The average Bonchev–Trinajstić information content (AvgIpc) is 3.24. The lowest BCUT2D eigenvalue weighted by molar-refractivity contribution is -0.134. The molecule has 2 atom stereocenters. The molecule has 2 aromatic rings. The summed E-state index contributed by atoms with van der Waals surface area (Å²) in [4.78, 5) is 31.0. The summed E-state index contributed by atoms with van der Waals surface area (Å²) in [6.45, 7) is 2.02. The molecule has 1 saturated carbocycles. The number of carbonyl (C=O) groups excluding carboxylic acids is 2. The van der Waals surface area contributed by atoms with E-state index >= 15 is 0 Å². The molecule has 2 heterocycles. The van der Waals surface area contributed by atoms with E-state index in [0.717, 1.165) is 30.6 Å². The van der Waals surface area contributed by atoms with Gasteiger partial charge in [-0.1, -0.05) is 24.9 Å². The molecule has 2 unspecified atom stereocenters. The number of ether oxygens (including phenoxy) is 1. The van der Waals surface area contributed by atoms with Crippen molar-refractivity contribution in [2.24, 2.45) is 5.92 Å². The number of nitrogens with zero attached hydrogens (tertiary/aromatic N) is 3. The zero-order valence-corrected chi connectivity index (χ0v) is 15.4. The Morgan fingerprint density at radius 2 is 2.07 bits per heavy atom. The monoisotopic (exact) mass is 370 g/mol. The van der Waals surface area contributed by atoms with Crippen LogP contribution in [-0.4, -0.2) is 39.6 Å². The van der Waals surface area contributed by atoms with Crippen LogP contribution in [0.4, 0.5) is 4.79 Å². The number of aromatic nitrogens is 2. The van der Waals surface area contributed by atoms with Crippen molar-refractivity contribution >= 4 is 11.9 Å². The Bertz CT molecular complexity index is 863. The number of hydrogen-bond acceptors (Lipinski definition) is 6. The van der Waals surface area contributed by atoms with Crippen molar-refractivity contribution in [3.05, 3.63) is 30.1 Å². The van der Waals surface area contributed by atoms with E-state index in [2.05, 4.69) is 15.5 Å². The SMILES string of the molecule is COc1ccc(-c2nc(CN3C(=O)NC4(CCCCC4C)C3=O)no2)cc1. The number of rotatable bonds is 4. The van der Waals surface area contributed by atoms with Crippen LogP contribution in [0.25, 0.3) is 11.5 Å². The van der Waals surface area contributed by atoms with Gasteiger partial charge in [-0.3, -0.25) is 9.69 Å². The van der Waals surface area contributed by atoms with Crippen LogP contribution in [0.2, 0.25) is 0 Å². The molecular weight excluding hydrogens is 348 g/mol. The molecule has 1 aliphatic carbocycles. The first-order valence-electron chi connectivity index (χ1n) is 9.14. The Labute approximate surface area is 156 Å². The van der Waals surface area contributed by atoms with Gasteiger partial charge in [-0.2, -0.15) is 4.98 Å². The summed E-state index contributed by atoms with van der Waals surface area (Å²) in [6.07, 6.45) is 3.64. The molecule has 8 nitrogen and oxygen atoms in total. The first-order chi connectivity index (χ1) is 13.0. The molecule has 2 fully saturated rings. The largest absolute Gasteiger partial charge is 0.497 e. The van der Waals surface area contributed by atoms with Gasteiger partial charge >= 0.3 is 6.03 Å². The van der Waals surface area contributed by atoms with Crippen LogP contribution in [0.15, 0.2) is 28.8 Å². The second-order valence-electron chi connectivity index (χ2n) is 7.18. The molecule has 0 radical (unpaired) electrons. The van der Waals surface area contributed by atoms with E-state index in [1.807, 2.05) is 19.1 Å². The van der Waals surface area contributed by atoms with Crippen LogP contribution in [0.5, 0.6) is 5.75 Å². The third-order valence-electron chi connectivity index (χ3n) is 5.61.